The second-order valence-electron chi connectivity index (χ2n) is 5.67. The molecule has 0 heterocycles. The molecule has 0 radical (unpaired) electrons. The van der Waals surface area contributed by atoms with Gasteiger partial charge in [-0.15, -0.1) is 0 Å². The Labute approximate surface area is 141 Å². The Hall–Kier alpha value is -2.97. The number of carbonyl (C=O) groups excluding carboxylic acids is 2. The first-order valence-corrected chi connectivity index (χ1v) is 7.31. The van der Waals surface area contributed by atoms with E-state index in [-0.39, 0.29) is 22.7 Å². The molecule has 1 saturated carbocycles. The molecule has 2 unspecified atom stereocenters. The Morgan fingerprint density at radius 3 is 2.12 bits per heavy atom. The number of rotatable bonds is 6. The minimum absolute atomic E-state index is 0.174. The molecule has 134 valence electrons. The Kier molecular flexibility index (Phi) is 4.78. The fourth-order valence-corrected chi connectivity index (χ4v) is 2.52. The number of ketones is 1. The number of amides is 1. The Bertz CT molecular complexity index is 755. The van der Waals surface area contributed by atoms with E-state index < -0.39 is 29.6 Å². The summed E-state index contributed by atoms with van der Waals surface area (Å²) >= 11 is 0. The average molecular weight is 353 g/mol. The zero-order valence-electron chi connectivity index (χ0n) is 13.5. The summed E-state index contributed by atoms with van der Waals surface area (Å²) in [6.45, 7) is 1.56. The smallest absolute Gasteiger partial charge is 0.313 e. The molecule has 0 aromatic heterocycles. The average Bonchev–Trinajstić information content (AvgIpc) is 3.11. The van der Waals surface area contributed by atoms with E-state index in [4.69, 9.17) is 10.8 Å². The van der Waals surface area contributed by atoms with Crippen LogP contribution in [0.25, 0.3) is 0 Å². The third-order valence-corrected chi connectivity index (χ3v) is 3.89. The molecular formula is C16H17F2N3O4. The Morgan fingerprint density at radius 2 is 1.72 bits per heavy atom. The monoisotopic (exact) mass is 353 g/mol. The molecule has 2 rings (SSSR count). The minimum atomic E-state index is -3.56. The number of anilines is 1. The zero-order chi connectivity index (χ0) is 18.9. The molecular weight excluding hydrogens is 336 g/mol. The summed E-state index contributed by atoms with van der Waals surface area (Å²) in [4.78, 5) is 34.7. The van der Waals surface area contributed by atoms with Crippen molar-refractivity contribution in [1.82, 2.24) is 5.32 Å². The standard InChI is InChI=1S/C16H17F2N3O4/c1-7(19)12(20-2)13(22)8-3-5-9(6-4-8)21-14(23)10-11(15(24)25)16(10,17)18/h3-6,10-11,20H,19H2,1-2H3,(H,21,23)(H,24,25)/b12-7+. The van der Waals surface area contributed by atoms with Crippen molar-refractivity contribution < 1.29 is 28.3 Å². The largest absolute Gasteiger partial charge is 0.481 e. The maximum Gasteiger partial charge on any atom is 0.313 e. The lowest BCUT2D eigenvalue weighted by Gasteiger charge is -2.09. The number of carboxylic acids is 1. The summed E-state index contributed by atoms with van der Waals surface area (Å²) in [7, 11) is 1.55. The molecule has 1 amide bonds. The van der Waals surface area contributed by atoms with Crippen LogP contribution in [0.1, 0.15) is 17.3 Å². The van der Waals surface area contributed by atoms with Crippen molar-refractivity contribution in [3.8, 4) is 0 Å². The molecule has 1 aliphatic carbocycles. The van der Waals surface area contributed by atoms with Gasteiger partial charge in [-0.05, 0) is 31.2 Å². The maximum absolute atomic E-state index is 13.3. The molecule has 2 atom stereocenters. The number of likely N-dealkylation sites (N-methyl/N-ethyl adjacent to an activating group) is 1. The van der Waals surface area contributed by atoms with Gasteiger partial charge in [-0.25, -0.2) is 8.78 Å². The molecule has 1 aromatic carbocycles. The highest BCUT2D eigenvalue weighted by Gasteiger charge is 2.75. The number of halogens is 2. The number of aliphatic carboxylic acids is 1. The van der Waals surface area contributed by atoms with Gasteiger partial charge in [0.15, 0.2) is 0 Å². The molecule has 1 fully saturated rings. The number of hydrogen-bond acceptors (Lipinski definition) is 5. The van der Waals surface area contributed by atoms with Crippen LogP contribution < -0.4 is 16.4 Å². The van der Waals surface area contributed by atoms with Gasteiger partial charge in [0, 0.05) is 24.0 Å². The van der Waals surface area contributed by atoms with E-state index in [1.165, 1.54) is 24.3 Å². The molecule has 0 bridgehead atoms. The third kappa shape index (κ3) is 3.44. The SMILES string of the molecule is CN/C(C(=O)c1ccc(NC(=O)C2C(C(=O)O)C2(F)F)cc1)=C(\C)N. The normalized spacial score (nSPS) is 21.8. The number of nitrogens with two attached hydrogens (primary N) is 1. The van der Waals surface area contributed by atoms with Crippen LogP contribution in [-0.4, -0.2) is 35.7 Å². The summed E-state index contributed by atoms with van der Waals surface area (Å²) in [6, 6.07) is 5.52. The highest BCUT2D eigenvalue weighted by atomic mass is 19.3. The summed E-state index contributed by atoms with van der Waals surface area (Å²) in [5.74, 6) is -10.6. The molecule has 9 heteroatoms. The van der Waals surface area contributed by atoms with Crippen LogP contribution >= 0.6 is 0 Å². The second kappa shape index (κ2) is 6.50. The van der Waals surface area contributed by atoms with Gasteiger partial charge in [0.25, 0.3) is 5.92 Å². The predicted molar refractivity (Wildman–Crippen MR) is 84.9 cm³/mol. The van der Waals surface area contributed by atoms with Crippen LogP contribution in [0.5, 0.6) is 0 Å². The first-order chi connectivity index (χ1) is 11.6. The van der Waals surface area contributed by atoms with Crippen molar-refractivity contribution in [2.75, 3.05) is 12.4 Å². The van der Waals surface area contributed by atoms with Gasteiger partial charge in [-0.3, -0.25) is 14.4 Å². The number of benzene rings is 1. The Balaban J connectivity index is 2.09. The van der Waals surface area contributed by atoms with E-state index in [2.05, 4.69) is 10.6 Å². The number of nitrogens with one attached hydrogen (secondary N) is 2. The lowest BCUT2D eigenvalue weighted by Crippen LogP contribution is -2.21. The van der Waals surface area contributed by atoms with Crippen LogP contribution in [0.3, 0.4) is 0 Å². The highest BCUT2D eigenvalue weighted by Crippen LogP contribution is 2.55. The van der Waals surface area contributed by atoms with Crippen molar-refractivity contribution in [2.45, 2.75) is 12.8 Å². The van der Waals surface area contributed by atoms with Crippen LogP contribution in [0, 0.1) is 11.8 Å². The molecule has 25 heavy (non-hydrogen) atoms. The number of alkyl halides is 2. The molecule has 5 N–H and O–H groups in total. The predicted octanol–water partition coefficient (Wildman–Crippen LogP) is 1.18. The second-order valence-corrected chi connectivity index (χ2v) is 5.67. The van der Waals surface area contributed by atoms with Gasteiger partial charge < -0.3 is 21.5 Å². The molecule has 1 aliphatic rings. The number of carboxylic acid groups (broad SMARTS) is 1. The van der Waals surface area contributed by atoms with Gasteiger partial charge in [0.1, 0.15) is 17.5 Å². The quantitative estimate of drug-likeness (QED) is 0.450. The van der Waals surface area contributed by atoms with E-state index in [0.717, 1.165) is 0 Å². The number of hydrogen-bond donors (Lipinski definition) is 4. The topological polar surface area (TPSA) is 122 Å². The summed E-state index contributed by atoms with van der Waals surface area (Å²) in [6.07, 6.45) is 0. The molecule has 7 nitrogen and oxygen atoms in total. The van der Waals surface area contributed by atoms with E-state index in [1.54, 1.807) is 14.0 Å². The Morgan fingerprint density at radius 1 is 1.16 bits per heavy atom. The van der Waals surface area contributed by atoms with Crippen LogP contribution in [0.4, 0.5) is 14.5 Å². The number of Topliss-reactive ketones (excluding diaryl/α,β-unsaturated/α-hetero) is 1. The summed E-state index contributed by atoms with van der Waals surface area (Å²) < 4.78 is 26.7. The fraction of sp³-hybridized carbons (Fsp3) is 0.312. The lowest BCUT2D eigenvalue weighted by atomic mass is 10.1. The highest BCUT2D eigenvalue weighted by molar-refractivity contribution is 6.09. The van der Waals surface area contributed by atoms with Crippen LogP contribution in [0.15, 0.2) is 35.7 Å². The van der Waals surface area contributed by atoms with Gasteiger partial charge >= 0.3 is 5.97 Å². The van der Waals surface area contributed by atoms with Crippen molar-refractivity contribution in [1.29, 1.82) is 0 Å². The molecule has 0 spiro atoms. The third-order valence-electron chi connectivity index (χ3n) is 3.89. The van der Waals surface area contributed by atoms with Crippen molar-refractivity contribution in [2.24, 2.45) is 17.6 Å². The first-order valence-electron chi connectivity index (χ1n) is 7.31. The molecule has 1 aromatic rings. The van der Waals surface area contributed by atoms with Gasteiger partial charge in [0.05, 0.1) is 0 Å². The minimum Gasteiger partial charge on any atom is -0.481 e. The van der Waals surface area contributed by atoms with E-state index >= 15 is 0 Å². The van der Waals surface area contributed by atoms with Gasteiger partial charge in [-0.1, -0.05) is 0 Å². The maximum atomic E-state index is 13.3. The fourth-order valence-electron chi connectivity index (χ4n) is 2.52. The summed E-state index contributed by atoms with van der Waals surface area (Å²) in [5.41, 5.74) is 6.59. The zero-order valence-corrected chi connectivity index (χ0v) is 13.5. The number of carbonyl (C=O) groups is 3. The summed E-state index contributed by atoms with van der Waals surface area (Å²) in [5, 5.41) is 13.6. The van der Waals surface area contributed by atoms with Crippen molar-refractivity contribution >= 4 is 23.3 Å². The molecule has 0 aliphatic heterocycles. The number of allylic oxidation sites excluding steroid dienone is 2. The van der Waals surface area contributed by atoms with E-state index in [9.17, 15) is 23.2 Å². The van der Waals surface area contributed by atoms with Crippen molar-refractivity contribution in [3.05, 3.63) is 41.2 Å². The van der Waals surface area contributed by atoms with Crippen molar-refractivity contribution in [3.63, 3.8) is 0 Å². The molecule has 0 saturated heterocycles. The first kappa shape index (κ1) is 18.4. The van der Waals surface area contributed by atoms with E-state index in [1.807, 2.05) is 0 Å². The lowest BCUT2D eigenvalue weighted by molar-refractivity contribution is -0.141. The van der Waals surface area contributed by atoms with E-state index in [0.29, 0.717) is 5.70 Å². The van der Waals surface area contributed by atoms with Gasteiger partial charge in [-0.2, -0.15) is 0 Å². The van der Waals surface area contributed by atoms with Gasteiger partial charge in [0.2, 0.25) is 11.7 Å². The van der Waals surface area contributed by atoms with Crippen LogP contribution in [-0.2, 0) is 9.59 Å². The van der Waals surface area contributed by atoms with Crippen LogP contribution in [0.2, 0.25) is 0 Å².